The van der Waals surface area contributed by atoms with E-state index >= 15 is 0 Å². The Morgan fingerprint density at radius 2 is 1.56 bits per heavy atom. The third-order valence-electron chi connectivity index (χ3n) is 4.13. The van der Waals surface area contributed by atoms with Crippen LogP contribution in [0, 0.1) is 11.6 Å². The van der Waals surface area contributed by atoms with Crippen LogP contribution in [0.15, 0.2) is 47.4 Å². The minimum atomic E-state index is -3.53. The fraction of sp³-hybridized carbons (Fsp3) is 0.316. The number of benzene rings is 2. The first kappa shape index (κ1) is 21.0. The van der Waals surface area contributed by atoms with Gasteiger partial charge in [-0.25, -0.2) is 17.2 Å². The van der Waals surface area contributed by atoms with Gasteiger partial charge in [-0.1, -0.05) is 32.0 Å². The molecule has 146 valence electrons. The highest BCUT2D eigenvalue weighted by molar-refractivity contribution is 7.89. The van der Waals surface area contributed by atoms with E-state index in [0.29, 0.717) is 19.5 Å². The van der Waals surface area contributed by atoms with E-state index in [1.807, 2.05) is 0 Å². The number of sulfonamides is 1. The van der Waals surface area contributed by atoms with Crippen LogP contribution in [0.25, 0.3) is 0 Å². The van der Waals surface area contributed by atoms with E-state index in [1.165, 1.54) is 22.5 Å². The van der Waals surface area contributed by atoms with Crippen molar-refractivity contribution in [3.8, 4) is 0 Å². The van der Waals surface area contributed by atoms with Crippen molar-refractivity contribution in [1.29, 1.82) is 0 Å². The summed E-state index contributed by atoms with van der Waals surface area (Å²) in [4.78, 5) is 12.1. The number of anilines is 1. The van der Waals surface area contributed by atoms with E-state index in [-0.39, 0.29) is 11.3 Å². The number of amides is 1. The molecule has 0 aliphatic rings. The maximum absolute atomic E-state index is 13.5. The zero-order valence-electron chi connectivity index (χ0n) is 15.2. The van der Waals surface area contributed by atoms with Gasteiger partial charge in [0.25, 0.3) is 0 Å². The fourth-order valence-electron chi connectivity index (χ4n) is 2.62. The maximum Gasteiger partial charge on any atom is 0.243 e. The first-order valence-electron chi connectivity index (χ1n) is 8.62. The molecule has 0 atom stereocenters. The molecule has 5 nitrogen and oxygen atoms in total. The molecular weight excluding hydrogens is 374 g/mol. The van der Waals surface area contributed by atoms with Gasteiger partial charge in [-0.2, -0.15) is 4.31 Å². The van der Waals surface area contributed by atoms with Crippen LogP contribution in [-0.2, 0) is 21.2 Å². The number of hydrogen-bond acceptors (Lipinski definition) is 3. The molecule has 0 spiro atoms. The smallest absolute Gasteiger partial charge is 0.243 e. The molecule has 0 unspecified atom stereocenters. The molecule has 0 aliphatic carbocycles. The van der Waals surface area contributed by atoms with Crippen molar-refractivity contribution < 1.29 is 22.0 Å². The Morgan fingerprint density at radius 1 is 1.00 bits per heavy atom. The first-order valence-corrected chi connectivity index (χ1v) is 10.1. The molecule has 0 fully saturated rings. The average molecular weight is 396 g/mol. The number of carbonyl (C=O) groups is 1. The summed E-state index contributed by atoms with van der Waals surface area (Å²) in [5, 5.41) is 2.22. The predicted octanol–water partition coefficient (Wildman–Crippen LogP) is 3.57. The lowest BCUT2D eigenvalue weighted by Gasteiger charge is -2.18. The zero-order chi connectivity index (χ0) is 20.0. The van der Waals surface area contributed by atoms with Gasteiger partial charge in [-0.15, -0.1) is 0 Å². The molecule has 0 saturated carbocycles. The standard InChI is InChI=1S/C19H22F2N2O3S/c1-3-23(4-2)27(25,26)15-11-8-14(9-12-15)10-13-18(24)22-19-16(20)6-5-7-17(19)21/h5-9,11-12H,3-4,10,13H2,1-2H3,(H,22,24). The number of halogens is 2. The monoisotopic (exact) mass is 396 g/mol. The molecule has 2 aromatic carbocycles. The fourth-order valence-corrected chi connectivity index (χ4v) is 4.08. The second-order valence-corrected chi connectivity index (χ2v) is 7.82. The molecular formula is C19H22F2N2O3S. The molecule has 1 amide bonds. The van der Waals surface area contributed by atoms with Crippen molar-refractivity contribution in [1.82, 2.24) is 4.31 Å². The maximum atomic E-state index is 13.5. The van der Waals surface area contributed by atoms with Gasteiger partial charge >= 0.3 is 0 Å². The second-order valence-electron chi connectivity index (χ2n) is 5.88. The van der Waals surface area contributed by atoms with Crippen LogP contribution in [0.4, 0.5) is 14.5 Å². The molecule has 0 heterocycles. The Kier molecular flexibility index (Phi) is 7.04. The summed E-state index contributed by atoms with van der Waals surface area (Å²) >= 11 is 0. The van der Waals surface area contributed by atoms with Gasteiger partial charge in [-0.05, 0) is 36.2 Å². The van der Waals surface area contributed by atoms with E-state index in [2.05, 4.69) is 5.32 Å². The quantitative estimate of drug-likeness (QED) is 0.742. The molecule has 27 heavy (non-hydrogen) atoms. The summed E-state index contributed by atoms with van der Waals surface area (Å²) in [5.41, 5.74) is 0.279. The Hall–Kier alpha value is -2.32. The van der Waals surface area contributed by atoms with Gasteiger partial charge in [0, 0.05) is 19.5 Å². The highest BCUT2D eigenvalue weighted by atomic mass is 32.2. The molecule has 8 heteroatoms. The highest BCUT2D eigenvalue weighted by Crippen LogP contribution is 2.19. The highest BCUT2D eigenvalue weighted by Gasteiger charge is 2.21. The predicted molar refractivity (Wildman–Crippen MR) is 99.9 cm³/mol. The van der Waals surface area contributed by atoms with E-state index in [9.17, 15) is 22.0 Å². The lowest BCUT2D eigenvalue weighted by atomic mass is 10.1. The van der Waals surface area contributed by atoms with Gasteiger partial charge in [0.15, 0.2) is 0 Å². The molecule has 2 aromatic rings. The molecule has 0 bridgehead atoms. The molecule has 0 aromatic heterocycles. The normalized spacial score (nSPS) is 11.6. The summed E-state index contributed by atoms with van der Waals surface area (Å²) in [6.45, 7) is 4.31. The number of para-hydroxylation sites is 1. The summed E-state index contributed by atoms with van der Waals surface area (Å²) in [5.74, 6) is -2.21. The first-order chi connectivity index (χ1) is 12.8. The van der Waals surface area contributed by atoms with Crippen LogP contribution in [-0.4, -0.2) is 31.7 Å². The van der Waals surface area contributed by atoms with Gasteiger partial charge in [0.05, 0.1) is 4.90 Å². The average Bonchev–Trinajstić information content (AvgIpc) is 2.64. The SMILES string of the molecule is CCN(CC)S(=O)(=O)c1ccc(CCC(=O)Nc2c(F)cccc2F)cc1. The summed E-state index contributed by atoms with van der Waals surface area (Å²) in [6, 6.07) is 9.60. The van der Waals surface area contributed by atoms with Gasteiger partial charge in [0.2, 0.25) is 15.9 Å². The number of aryl methyl sites for hydroxylation is 1. The molecule has 0 radical (unpaired) electrons. The van der Waals surface area contributed by atoms with Crippen molar-refractivity contribution in [3.05, 3.63) is 59.7 Å². The van der Waals surface area contributed by atoms with Gasteiger partial charge in [-0.3, -0.25) is 4.79 Å². The van der Waals surface area contributed by atoms with Gasteiger partial charge < -0.3 is 5.32 Å². The lowest BCUT2D eigenvalue weighted by molar-refractivity contribution is -0.116. The minimum absolute atomic E-state index is 0.00984. The van der Waals surface area contributed by atoms with Crippen molar-refractivity contribution in [2.75, 3.05) is 18.4 Å². The number of rotatable bonds is 8. The van der Waals surface area contributed by atoms with Crippen LogP contribution in [0.1, 0.15) is 25.8 Å². The van der Waals surface area contributed by atoms with Crippen LogP contribution >= 0.6 is 0 Å². The number of nitrogens with one attached hydrogen (secondary N) is 1. The summed E-state index contributed by atoms with van der Waals surface area (Å²) < 4.78 is 53.3. The van der Waals surface area contributed by atoms with Crippen molar-refractivity contribution in [3.63, 3.8) is 0 Å². The summed E-state index contributed by atoms with van der Waals surface area (Å²) in [7, 11) is -3.53. The van der Waals surface area contributed by atoms with Crippen molar-refractivity contribution >= 4 is 21.6 Å². The van der Waals surface area contributed by atoms with Crippen LogP contribution < -0.4 is 5.32 Å². The number of hydrogen-bond donors (Lipinski definition) is 1. The largest absolute Gasteiger partial charge is 0.321 e. The third-order valence-corrected chi connectivity index (χ3v) is 6.20. The Labute approximate surface area is 158 Å². The Morgan fingerprint density at radius 3 is 2.07 bits per heavy atom. The van der Waals surface area contributed by atoms with E-state index in [0.717, 1.165) is 17.7 Å². The lowest BCUT2D eigenvalue weighted by Crippen LogP contribution is -2.30. The topological polar surface area (TPSA) is 66.5 Å². The minimum Gasteiger partial charge on any atom is -0.321 e. The van der Waals surface area contributed by atoms with E-state index < -0.39 is 33.3 Å². The molecule has 0 aliphatic heterocycles. The number of nitrogens with zero attached hydrogens (tertiary/aromatic N) is 1. The van der Waals surface area contributed by atoms with E-state index in [1.54, 1.807) is 26.0 Å². The number of carbonyl (C=O) groups excluding carboxylic acids is 1. The summed E-state index contributed by atoms with van der Waals surface area (Å²) in [6.07, 6.45) is 0.323. The van der Waals surface area contributed by atoms with Crippen molar-refractivity contribution in [2.45, 2.75) is 31.6 Å². The van der Waals surface area contributed by atoms with Crippen LogP contribution in [0.2, 0.25) is 0 Å². The van der Waals surface area contributed by atoms with Gasteiger partial charge in [0.1, 0.15) is 17.3 Å². The van der Waals surface area contributed by atoms with Crippen molar-refractivity contribution in [2.24, 2.45) is 0 Å². The second kappa shape index (κ2) is 9.05. The Bertz CT molecular complexity index is 875. The van der Waals surface area contributed by atoms with Crippen LogP contribution in [0.3, 0.4) is 0 Å². The zero-order valence-corrected chi connectivity index (χ0v) is 16.0. The molecule has 0 saturated heterocycles. The van der Waals surface area contributed by atoms with Crippen LogP contribution in [0.5, 0.6) is 0 Å². The van der Waals surface area contributed by atoms with E-state index in [4.69, 9.17) is 0 Å². The Balaban J connectivity index is 2.00. The molecule has 1 N–H and O–H groups in total. The molecule has 2 rings (SSSR count). The third kappa shape index (κ3) is 5.11.